The Morgan fingerprint density at radius 2 is 0.770 bits per heavy atom. The van der Waals surface area contributed by atoms with E-state index in [0.29, 0.717) is 41.8 Å². The van der Waals surface area contributed by atoms with Crippen molar-refractivity contribution < 1.29 is 62.9 Å². The fraction of sp³-hybridized carbons (Fsp3) is 0.720. The Balaban J connectivity index is 0.000000315. The van der Waals surface area contributed by atoms with Crippen LogP contribution in [-0.4, -0.2) is 123 Å². The Labute approximate surface area is 690 Å². The number of benzene rings is 4. The summed E-state index contributed by atoms with van der Waals surface area (Å²) in [6.45, 7) is 38.7. The van der Waals surface area contributed by atoms with Crippen molar-refractivity contribution >= 4 is 24.4 Å². The van der Waals surface area contributed by atoms with E-state index in [-0.39, 0.29) is 48.3 Å². The summed E-state index contributed by atoms with van der Waals surface area (Å²) in [5, 5.41) is 35.9. The van der Waals surface area contributed by atoms with Crippen molar-refractivity contribution in [3.8, 4) is 11.5 Å². The Hall–Kier alpha value is -5.44. The maximum atomic E-state index is 11.7. The summed E-state index contributed by atoms with van der Waals surface area (Å²) in [6.07, 6.45) is 56.9. The van der Waals surface area contributed by atoms with Gasteiger partial charge in [-0.15, -0.1) is 0 Å². The van der Waals surface area contributed by atoms with E-state index >= 15 is 0 Å². The van der Waals surface area contributed by atoms with Gasteiger partial charge in [0, 0.05) is 24.0 Å². The fourth-order valence-corrected chi connectivity index (χ4v) is 15.2. The molecule has 13 nitrogen and oxygen atoms in total. The molecule has 6 aliphatic rings. The van der Waals surface area contributed by atoms with Gasteiger partial charge in [0.15, 0.2) is 23.9 Å². The second-order valence-corrected chi connectivity index (χ2v) is 37.2. The third-order valence-electron chi connectivity index (χ3n) is 22.7. The first-order valence-corrected chi connectivity index (χ1v) is 45.3. The third-order valence-corrected chi connectivity index (χ3v) is 22.7. The molecule has 6 atom stereocenters. The average molecular weight is 1570 g/mol. The number of carboxylic acids is 1. The van der Waals surface area contributed by atoms with Crippen molar-refractivity contribution in [3.63, 3.8) is 0 Å². The zero-order chi connectivity index (χ0) is 82.0. The van der Waals surface area contributed by atoms with Crippen LogP contribution < -0.4 is 9.47 Å². The highest BCUT2D eigenvalue weighted by atomic mass is 16.7. The van der Waals surface area contributed by atoms with E-state index in [1.165, 1.54) is 245 Å². The van der Waals surface area contributed by atoms with Gasteiger partial charge in [-0.2, -0.15) is 0 Å². The molecule has 5 heterocycles. The molecular formula is C100H166N2O11+2. The van der Waals surface area contributed by atoms with Gasteiger partial charge < -0.3 is 44.1 Å². The van der Waals surface area contributed by atoms with Crippen LogP contribution in [0.3, 0.4) is 0 Å². The summed E-state index contributed by atoms with van der Waals surface area (Å²) in [5.41, 5.74) is 8.32. The lowest BCUT2D eigenvalue weighted by Crippen LogP contribution is -2.60. The number of carbonyl (C=O) groups excluding carboxylic acids is 1. The third kappa shape index (κ3) is 37.4. The monoisotopic (exact) mass is 1570 g/mol. The Kier molecular flexibility index (Phi) is 46.9. The van der Waals surface area contributed by atoms with E-state index in [1.807, 2.05) is 6.07 Å². The van der Waals surface area contributed by atoms with Crippen LogP contribution in [0.2, 0.25) is 0 Å². The molecule has 113 heavy (non-hydrogen) atoms. The maximum absolute atomic E-state index is 11.7. The summed E-state index contributed by atoms with van der Waals surface area (Å²) in [7, 11) is 0. The molecule has 0 amide bonds. The number of fused-ring (bicyclic) bond motifs is 5. The molecule has 10 rings (SSSR count). The minimum Gasteiger partial charge on any atom is -0.478 e. The number of carboxylic acid groups (broad SMARTS) is 1. The smallest absolute Gasteiger partial charge is 0.478 e. The van der Waals surface area contributed by atoms with Crippen LogP contribution in [0.25, 0.3) is 0 Å². The van der Waals surface area contributed by atoms with Crippen LogP contribution in [0.5, 0.6) is 11.5 Å². The summed E-state index contributed by atoms with van der Waals surface area (Å²) in [4.78, 5) is 21.9. The summed E-state index contributed by atoms with van der Waals surface area (Å²) in [5.74, 6) is 0.683. The number of epoxide rings is 2. The zero-order valence-electron chi connectivity index (χ0n) is 73.9. The molecule has 640 valence electrons. The fourth-order valence-electron chi connectivity index (χ4n) is 15.2. The van der Waals surface area contributed by atoms with Gasteiger partial charge in [-0.1, -0.05) is 381 Å². The number of esters is 1. The number of carbonyl (C=O) groups is 2. The van der Waals surface area contributed by atoms with Crippen LogP contribution in [-0.2, 0) is 35.9 Å². The summed E-state index contributed by atoms with van der Waals surface area (Å²) < 4.78 is 35.1. The molecule has 1 spiro atoms. The number of hydrogen-bond donors (Lipinski definition) is 4. The lowest BCUT2D eigenvalue weighted by molar-refractivity contribution is -0.866. The molecule has 5 aliphatic heterocycles. The van der Waals surface area contributed by atoms with Gasteiger partial charge in [0.25, 0.3) is 0 Å². The highest BCUT2D eigenvalue weighted by Crippen LogP contribution is 2.50. The lowest BCUT2D eigenvalue weighted by Gasteiger charge is -2.35. The molecule has 1 unspecified atom stereocenters. The second kappa shape index (κ2) is 53.1. The highest BCUT2D eigenvalue weighted by Gasteiger charge is 2.77. The van der Waals surface area contributed by atoms with E-state index in [1.54, 1.807) is 54.6 Å². The van der Waals surface area contributed by atoms with Crippen LogP contribution in [0.1, 0.15) is 429 Å². The number of aliphatic hydroxyl groups is 3. The van der Waals surface area contributed by atoms with Crippen molar-refractivity contribution in [1.29, 1.82) is 0 Å². The van der Waals surface area contributed by atoms with Crippen LogP contribution in [0, 0.1) is 0 Å². The van der Waals surface area contributed by atoms with Gasteiger partial charge >= 0.3 is 18.0 Å². The molecule has 3 saturated heterocycles. The summed E-state index contributed by atoms with van der Waals surface area (Å²) >= 11 is 0. The quantitative estimate of drug-likeness (QED) is 0.0144. The predicted octanol–water partition coefficient (Wildman–Crippen LogP) is 25.6. The first kappa shape index (κ1) is 99.9. The Morgan fingerprint density at radius 1 is 0.451 bits per heavy atom. The number of hydrogen-bond acceptors (Lipinski definition) is 10. The zero-order valence-corrected chi connectivity index (χ0v) is 73.9. The van der Waals surface area contributed by atoms with Gasteiger partial charge in [-0.25, -0.2) is 9.59 Å². The minimum absolute atomic E-state index is 0. The molecule has 0 radical (unpaired) electrons. The molecule has 4 fully saturated rings. The van der Waals surface area contributed by atoms with Crippen molar-refractivity contribution in [2.75, 3.05) is 26.4 Å². The van der Waals surface area contributed by atoms with Gasteiger partial charge in [-0.05, 0) is 108 Å². The van der Waals surface area contributed by atoms with E-state index in [0.717, 1.165) is 63.2 Å². The van der Waals surface area contributed by atoms with E-state index in [4.69, 9.17) is 39.0 Å². The molecular weight excluding hydrogens is 1410 g/mol. The highest BCUT2D eigenvalue weighted by molar-refractivity contribution is 5.89. The molecule has 1 saturated carbocycles. The molecule has 4 aromatic carbocycles. The lowest BCUT2D eigenvalue weighted by atomic mass is 9.78. The number of rotatable bonds is 41. The maximum Gasteiger partial charge on any atom is 0.704 e. The van der Waals surface area contributed by atoms with E-state index in [2.05, 4.69) is 157 Å². The van der Waals surface area contributed by atoms with Crippen molar-refractivity contribution in [2.45, 2.75) is 439 Å². The first-order valence-electron chi connectivity index (χ1n) is 45.3. The van der Waals surface area contributed by atoms with Gasteiger partial charge in [0.05, 0.1) is 66.5 Å². The van der Waals surface area contributed by atoms with Crippen LogP contribution in [0.15, 0.2) is 84.9 Å². The summed E-state index contributed by atoms with van der Waals surface area (Å²) in [6, 6.07) is 26.3. The largest absolute Gasteiger partial charge is 0.704 e. The Morgan fingerprint density at radius 3 is 1.07 bits per heavy atom. The first-order chi connectivity index (χ1) is 53.5. The average Bonchev–Trinajstić information content (AvgIpc) is 1.56. The van der Waals surface area contributed by atoms with E-state index < -0.39 is 24.2 Å². The molecule has 1 aliphatic carbocycles. The molecule has 4 N–H and O–H groups in total. The minimum atomic E-state index is -1.02. The van der Waals surface area contributed by atoms with Crippen molar-refractivity contribution in [1.82, 2.24) is 0 Å². The molecule has 0 aromatic heterocycles. The van der Waals surface area contributed by atoms with Crippen molar-refractivity contribution in [2.24, 2.45) is 0 Å². The van der Waals surface area contributed by atoms with Crippen LogP contribution in [0.4, 0.5) is 0 Å². The number of aromatic carboxylic acids is 1. The topological polar surface area (TPSA) is 174 Å². The number of aliphatic hydroxyl groups excluding tert-OH is 3. The predicted molar refractivity (Wildman–Crippen MR) is 473 cm³/mol. The van der Waals surface area contributed by atoms with E-state index in [9.17, 15) is 14.7 Å². The van der Waals surface area contributed by atoms with Crippen molar-refractivity contribution in [3.05, 3.63) is 129 Å². The van der Waals surface area contributed by atoms with Gasteiger partial charge in [-0.3, -0.25) is 0 Å². The number of unbranched alkanes of at least 4 members (excludes halogenated alkanes) is 28. The SMILES string of the molecule is C.CC(C)(C)c1cc2c(c(C(C)(C)C)c1)OC13Oc4c(cc(C(C)(C)C)cc4C(C)(C)C)C=[N+]1[C@@H]1CCCC[C@H]1[N+]3=C2.CCCCCCCCCCC1CO1.CCCCCCCCCC[C@@H](O)CO.CCCCCCCCCC[C@@H](O)COC(=O)c1ccccc1.CCCCCCCCCC[C@H]1CO1.O=C(O)c1ccccc1. The van der Waals surface area contributed by atoms with Crippen LogP contribution >= 0.6 is 0 Å². The second-order valence-electron chi connectivity index (χ2n) is 37.2. The molecule has 13 heteroatoms. The standard InChI is InChI=1S/C37H52N2O2.C19H30O3.C12H26O2.2C12H24O.C7H6O2.CH4/c1-33(2,3)25-17-23-21-38-29-15-13-14-16-30(29)39-22-24-18-26(34(4,5)6)20-28(36(10,11)12)32(24)41-37(38,39)40-31(23)27(19-25)35(7,8)9;1-2-3-4-5-6-7-8-12-15-18(20)16-22-19(21)17-13-10-9-11-14-17;1-2-3-4-5-6-7-8-9-10-12(14)11-13;2*1-2-3-4-5-6-7-8-9-10-12-11-13-12;8-7(9)6-4-2-1-3-5-6;/h17-22,29-30H,13-16H2,1-12H3;9-11,13-14,18,20H,2-8,12,15-16H2,1H3;12-14H,2-11H2,1H3;2*12H,2-11H2,1H3;1-5H,(H,8,9);1H4/q+2;;;;;;/t29-,30-,37?;18-;2*12-;;;/m1110.../s1. The molecule has 4 aromatic rings. The van der Waals surface area contributed by atoms with Gasteiger partial charge in [0.1, 0.15) is 6.61 Å². The number of nitrogens with zero attached hydrogens (tertiary/aromatic N) is 2. The van der Waals surface area contributed by atoms with Gasteiger partial charge in [0.2, 0.25) is 12.1 Å². The molecule has 0 bridgehead atoms. The normalized spacial score (nSPS) is 17.8. The Bertz CT molecular complexity index is 3150. The number of ether oxygens (including phenoxy) is 5.